The fourth-order valence-corrected chi connectivity index (χ4v) is 18.6. The molecule has 0 spiro atoms. The monoisotopic (exact) mass is 920 g/mol. The van der Waals surface area contributed by atoms with E-state index in [0.29, 0.717) is 3.63 Å². The normalized spacial score (nSPS) is 13.0. The summed E-state index contributed by atoms with van der Waals surface area (Å²) in [7, 11) is 0. The van der Waals surface area contributed by atoms with Crippen LogP contribution in [0.2, 0.25) is 3.63 Å². The van der Waals surface area contributed by atoms with Crippen LogP contribution in [0.25, 0.3) is 54.9 Å². The van der Waals surface area contributed by atoms with Crippen LogP contribution in [0.5, 0.6) is 0 Å². The van der Waals surface area contributed by atoms with Gasteiger partial charge in [-0.25, -0.2) is 0 Å². The Morgan fingerprint density at radius 1 is 0.468 bits per heavy atom. The van der Waals surface area contributed by atoms with E-state index in [1.807, 2.05) is 0 Å². The molecule has 0 atom stereocenters. The number of halogens is 2. The smallest absolute Gasteiger partial charge is 1.00 e. The number of fused-ring (bicyclic) bond motifs is 5. The first kappa shape index (κ1) is 43.7. The molecule has 0 saturated heterocycles. The van der Waals surface area contributed by atoms with Gasteiger partial charge < -0.3 is 24.8 Å². The summed E-state index contributed by atoms with van der Waals surface area (Å²) in [5.74, 6) is 0. The molecule has 10 rings (SSSR count). The Morgan fingerprint density at radius 3 is 1.48 bits per heavy atom. The van der Waals surface area contributed by atoms with Crippen LogP contribution in [-0.2, 0) is 38.5 Å². The van der Waals surface area contributed by atoms with Crippen LogP contribution in [-0.4, -0.2) is 3.21 Å². The molecule has 0 saturated carbocycles. The zero-order chi connectivity index (χ0) is 41.2. The van der Waals surface area contributed by atoms with Crippen molar-refractivity contribution in [3.8, 4) is 33.4 Å². The van der Waals surface area contributed by atoms with Gasteiger partial charge in [0.1, 0.15) is 0 Å². The van der Waals surface area contributed by atoms with E-state index in [-0.39, 0.29) is 35.6 Å². The molecule has 0 fully saturated rings. The van der Waals surface area contributed by atoms with Crippen molar-refractivity contribution in [1.29, 1.82) is 0 Å². The third-order valence-corrected chi connectivity index (χ3v) is 20.8. The average Bonchev–Trinajstić information content (AvgIpc) is 3.93. The third-order valence-electron chi connectivity index (χ3n) is 12.8. The Labute approximate surface area is 388 Å². The van der Waals surface area contributed by atoms with Crippen LogP contribution in [0.15, 0.2) is 188 Å². The molecular formula is C59H52Cl2Zr. The van der Waals surface area contributed by atoms with Gasteiger partial charge >= 0.3 is 367 Å². The molecule has 0 aliphatic heterocycles. The standard InChI is InChI=1S/C33H33.C21H14.C5H5.2ClH.Zr/c1-32(2,3)30-20-26-24(18-28(30)22-13-9-7-10-14-22)17-25-19-29(23-15-11-8-12-16-23)31(21-27(25)26)33(4,5)6;1-3-7-20-14-16(9-11-18(20)5-1)13-17-10-12-19-6-2-4-8-21(19)15-17;1-2-4-5-3-1;;;/h7-16,18,20-21H,17H2,1-6H3;1-12,14-15H;1-5H;2*1H;/q;;;;;+2/p-2. The van der Waals surface area contributed by atoms with Gasteiger partial charge in [-0.1, -0.05) is 0 Å². The molecule has 2 aliphatic carbocycles. The second kappa shape index (κ2) is 17.3. The van der Waals surface area contributed by atoms with E-state index in [9.17, 15) is 0 Å². The van der Waals surface area contributed by atoms with E-state index in [1.165, 1.54) is 82.7 Å². The van der Waals surface area contributed by atoms with Gasteiger partial charge in [0.25, 0.3) is 0 Å². The molecule has 0 heterocycles. The summed E-state index contributed by atoms with van der Waals surface area (Å²) in [5, 5.41) is 5.15. The van der Waals surface area contributed by atoms with E-state index in [2.05, 4.69) is 230 Å². The van der Waals surface area contributed by atoms with Gasteiger partial charge in [0.2, 0.25) is 0 Å². The summed E-state index contributed by atoms with van der Waals surface area (Å²) in [6.07, 6.45) is 10.6. The van der Waals surface area contributed by atoms with Crippen molar-refractivity contribution in [2.75, 3.05) is 0 Å². The Kier molecular flexibility index (Phi) is 12.2. The van der Waals surface area contributed by atoms with Crippen LogP contribution in [0.3, 0.4) is 0 Å². The molecular weight excluding hydrogens is 871 g/mol. The van der Waals surface area contributed by atoms with Crippen LogP contribution in [0.1, 0.15) is 74.9 Å². The predicted octanol–water partition coefficient (Wildman–Crippen LogP) is 8.93. The molecule has 3 heteroatoms. The van der Waals surface area contributed by atoms with E-state index in [4.69, 9.17) is 0 Å². The average molecular weight is 923 g/mol. The molecule has 0 nitrogen and oxygen atoms in total. The molecule has 0 N–H and O–H groups in total. The molecule has 0 bridgehead atoms. The quantitative estimate of drug-likeness (QED) is 0.157. The minimum absolute atomic E-state index is 0. The fourth-order valence-electron chi connectivity index (χ4n) is 9.90. The molecule has 2 aliphatic rings. The van der Waals surface area contributed by atoms with Crippen molar-refractivity contribution in [3.05, 3.63) is 221 Å². The first-order valence-electron chi connectivity index (χ1n) is 21.6. The van der Waals surface area contributed by atoms with Crippen LogP contribution in [0, 0.1) is 0 Å². The van der Waals surface area contributed by atoms with Crippen molar-refractivity contribution in [1.82, 2.24) is 0 Å². The van der Waals surface area contributed by atoms with Gasteiger partial charge in [0.15, 0.2) is 0 Å². The number of rotatable bonds is 6. The Bertz CT molecular complexity index is 2970. The summed E-state index contributed by atoms with van der Waals surface area (Å²) < 4.78 is 3.56. The van der Waals surface area contributed by atoms with Gasteiger partial charge in [-0.2, -0.15) is 0 Å². The molecule has 0 amide bonds. The van der Waals surface area contributed by atoms with E-state index >= 15 is 0 Å². The van der Waals surface area contributed by atoms with E-state index < -0.39 is 21.3 Å². The summed E-state index contributed by atoms with van der Waals surface area (Å²) in [4.78, 5) is 0. The molecule has 8 aromatic rings. The first-order valence-corrected chi connectivity index (χ1v) is 25.5. The number of benzene rings is 8. The summed E-state index contributed by atoms with van der Waals surface area (Å²) in [5.41, 5.74) is 16.7. The van der Waals surface area contributed by atoms with Gasteiger partial charge in [-0.3, -0.25) is 0 Å². The van der Waals surface area contributed by atoms with Crippen molar-refractivity contribution in [2.24, 2.45) is 0 Å². The van der Waals surface area contributed by atoms with Gasteiger partial charge in [0, 0.05) is 0 Å². The summed E-state index contributed by atoms with van der Waals surface area (Å²) >= 11 is -3.17. The largest absolute Gasteiger partial charge is 1.00 e. The Balaban J connectivity index is 0.00000264. The molecule has 62 heavy (non-hydrogen) atoms. The van der Waals surface area contributed by atoms with Crippen molar-refractivity contribution >= 4 is 28.0 Å². The Hall–Kier alpha value is -4.91. The fraction of sp³-hybridized carbons (Fsp3) is 0.169. The van der Waals surface area contributed by atoms with Crippen molar-refractivity contribution in [2.45, 2.75) is 62.4 Å². The topological polar surface area (TPSA) is 0 Å². The summed E-state index contributed by atoms with van der Waals surface area (Å²) in [6, 6.07) is 62.6. The number of hydrogen-bond acceptors (Lipinski definition) is 0. The minimum Gasteiger partial charge on any atom is -1.00 e. The first-order chi connectivity index (χ1) is 29.0. The van der Waals surface area contributed by atoms with Crippen LogP contribution >= 0.6 is 0 Å². The summed E-state index contributed by atoms with van der Waals surface area (Å²) in [6.45, 7) is 14.4. The van der Waals surface area contributed by atoms with E-state index in [1.54, 1.807) is 12.0 Å². The van der Waals surface area contributed by atoms with Crippen molar-refractivity contribution < 1.29 is 46.1 Å². The predicted molar refractivity (Wildman–Crippen MR) is 256 cm³/mol. The van der Waals surface area contributed by atoms with Gasteiger partial charge in [-0.05, 0) is 0 Å². The second-order valence-electron chi connectivity index (χ2n) is 18.9. The van der Waals surface area contributed by atoms with Gasteiger partial charge in [-0.15, -0.1) is 0 Å². The maximum Gasteiger partial charge on any atom is -1.00 e. The molecule has 0 unspecified atom stereocenters. The maximum absolute atomic E-state index is 3.17. The maximum atomic E-state index is 2.62. The third kappa shape index (κ3) is 7.98. The SMILES string of the molecule is CC(C)(C)c1cc2c(cc1-c1ccccc1)Cc1c-2cc(C(C)(C)C)c(-c2ccccc2)[c]1[Zr+2](=[C](c1ccc2ccccc2c1)c1ccc2ccccc2c1)[CH]1C=CC=C1.[Cl-].[Cl-]. The zero-order valence-electron chi connectivity index (χ0n) is 36.4. The van der Waals surface area contributed by atoms with Crippen LogP contribution in [0.4, 0.5) is 0 Å². The molecule has 8 aromatic carbocycles. The van der Waals surface area contributed by atoms with Gasteiger partial charge in [0.05, 0.1) is 0 Å². The second-order valence-corrected chi connectivity index (χ2v) is 25.0. The number of hydrogen-bond donors (Lipinski definition) is 0. The van der Waals surface area contributed by atoms with Crippen LogP contribution < -0.4 is 28.1 Å². The van der Waals surface area contributed by atoms with Crippen molar-refractivity contribution in [3.63, 3.8) is 0 Å². The van der Waals surface area contributed by atoms with E-state index in [0.717, 1.165) is 6.42 Å². The zero-order valence-corrected chi connectivity index (χ0v) is 40.4. The molecule has 0 aromatic heterocycles. The molecule has 0 radical (unpaired) electrons. The number of allylic oxidation sites excluding steroid dienone is 4. The minimum atomic E-state index is -3.17. The molecule has 306 valence electrons. The Morgan fingerprint density at radius 2 is 0.952 bits per heavy atom.